The number of hydrogen-bond donors (Lipinski definition) is 4. The van der Waals surface area contributed by atoms with E-state index < -0.39 is 23.7 Å². The van der Waals surface area contributed by atoms with Crippen molar-refractivity contribution < 1.29 is 19.7 Å². The van der Waals surface area contributed by atoms with E-state index in [0.717, 1.165) is 5.56 Å². The van der Waals surface area contributed by atoms with Gasteiger partial charge in [-0.05, 0) is 30.5 Å². The van der Waals surface area contributed by atoms with Crippen LogP contribution in [0.3, 0.4) is 0 Å². The Labute approximate surface area is 190 Å². The number of imidazole rings is 1. The van der Waals surface area contributed by atoms with E-state index >= 15 is 0 Å². The van der Waals surface area contributed by atoms with Crippen LogP contribution in [-0.2, 0) is 4.79 Å². The smallest absolute Gasteiger partial charge is 0.229 e. The summed E-state index contributed by atoms with van der Waals surface area (Å²) >= 11 is 0. The van der Waals surface area contributed by atoms with Gasteiger partial charge in [-0.3, -0.25) is 4.79 Å². The van der Waals surface area contributed by atoms with Crippen molar-refractivity contribution in [2.24, 2.45) is 11.3 Å². The summed E-state index contributed by atoms with van der Waals surface area (Å²) in [6, 6.07) is 6.82. The van der Waals surface area contributed by atoms with Gasteiger partial charge in [0, 0.05) is 25.6 Å². The Hall–Kier alpha value is -3.68. The van der Waals surface area contributed by atoms with E-state index in [2.05, 4.69) is 37.4 Å². The highest BCUT2D eigenvalue weighted by atomic mass is 16.5. The lowest BCUT2D eigenvalue weighted by Gasteiger charge is -2.23. The van der Waals surface area contributed by atoms with E-state index in [1.54, 1.807) is 25.1 Å². The molecule has 3 aromatic rings. The first-order chi connectivity index (χ1) is 15.9. The molecule has 2 aliphatic carbocycles. The van der Waals surface area contributed by atoms with Gasteiger partial charge in [0.1, 0.15) is 11.9 Å². The van der Waals surface area contributed by atoms with Gasteiger partial charge in [0.25, 0.3) is 0 Å². The van der Waals surface area contributed by atoms with E-state index in [4.69, 9.17) is 4.74 Å². The Morgan fingerprint density at radius 2 is 2.09 bits per heavy atom. The van der Waals surface area contributed by atoms with Crippen molar-refractivity contribution in [2.45, 2.75) is 24.7 Å². The first-order valence-corrected chi connectivity index (χ1v) is 10.6. The van der Waals surface area contributed by atoms with Crippen LogP contribution in [0.2, 0.25) is 0 Å². The van der Waals surface area contributed by atoms with Crippen LogP contribution in [0.25, 0.3) is 11.2 Å². The summed E-state index contributed by atoms with van der Waals surface area (Å²) in [6.45, 7) is 0. The number of methoxy groups -OCH3 is 1. The molecule has 0 bridgehead atoms. The van der Waals surface area contributed by atoms with Crippen molar-refractivity contribution in [3.05, 3.63) is 42.0 Å². The highest BCUT2D eigenvalue weighted by Gasteiger charge is 2.75. The Balaban J connectivity index is 1.56. The summed E-state index contributed by atoms with van der Waals surface area (Å²) in [5.41, 5.74) is 0.758. The highest BCUT2D eigenvalue weighted by molar-refractivity contribution is 5.88. The van der Waals surface area contributed by atoms with E-state index in [-0.39, 0.29) is 17.6 Å². The third-order valence-corrected chi connectivity index (χ3v) is 6.69. The van der Waals surface area contributed by atoms with Gasteiger partial charge in [-0.2, -0.15) is 0 Å². The molecule has 0 aliphatic heterocycles. The van der Waals surface area contributed by atoms with Crippen molar-refractivity contribution in [2.75, 3.05) is 26.5 Å². The normalized spacial score (nSPS) is 27.4. The molecule has 4 N–H and O–H groups in total. The molecule has 0 saturated heterocycles. The van der Waals surface area contributed by atoms with Crippen LogP contribution in [0.1, 0.15) is 23.9 Å². The predicted molar refractivity (Wildman–Crippen MR) is 120 cm³/mol. The van der Waals surface area contributed by atoms with Gasteiger partial charge in [0.05, 0.1) is 31.0 Å². The zero-order valence-corrected chi connectivity index (χ0v) is 18.4. The standard InChI is InChI=1S/C23H24N6O4/c1-24-20-16-21(28-15(27-20)8-7-12-5-4-6-13(9-12)33-3)29(11-26-16)17-14-10-23(14,22(32)25-2)19(31)18(17)30/h4-6,9,11,14,17-19,30-31H,10H2,1-3H3,(H,25,32)(H,24,27,28)/t14?,17-,18?,19+,23-/m1/s1. The summed E-state index contributed by atoms with van der Waals surface area (Å²) in [5.74, 6) is 7.00. The van der Waals surface area contributed by atoms with Gasteiger partial charge in [-0.15, -0.1) is 0 Å². The predicted octanol–water partition coefficient (Wildman–Crippen LogP) is 0.305. The summed E-state index contributed by atoms with van der Waals surface area (Å²) in [4.78, 5) is 26.0. The molecule has 1 aromatic carbocycles. The molecule has 2 aromatic heterocycles. The number of carbonyl (C=O) groups excluding carboxylic acids is 1. The summed E-state index contributed by atoms with van der Waals surface area (Å²) in [7, 11) is 4.86. The summed E-state index contributed by atoms with van der Waals surface area (Å²) < 4.78 is 6.96. The number of nitrogens with zero attached hydrogens (tertiary/aromatic N) is 4. The van der Waals surface area contributed by atoms with Crippen molar-refractivity contribution in [1.82, 2.24) is 24.8 Å². The fourth-order valence-electron chi connectivity index (χ4n) is 4.98. The molecule has 2 heterocycles. The van der Waals surface area contributed by atoms with Gasteiger partial charge >= 0.3 is 0 Å². The third kappa shape index (κ3) is 3.12. The topological polar surface area (TPSA) is 134 Å². The first-order valence-electron chi connectivity index (χ1n) is 10.6. The zero-order chi connectivity index (χ0) is 23.3. The van der Waals surface area contributed by atoms with Gasteiger partial charge in [0.15, 0.2) is 17.0 Å². The van der Waals surface area contributed by atoms with Crippen LogP contribution in [-0.4, -0.2) is 69.1 Å². The Morgan fingerprint density at radius 1 is 1.27 bits per heavy atom. The fourth-order valence-corrected chi connectivity index (χ4v) is 4.98. The van der Waals surface area contributed by atoms with Gasteiger partial charge in [-0.1, -0.05) is 12.0 Å². The van der Waals surface area contributed by atoms with Crippen LogP contribution < -0.4 is 15.4 Å². The van der Waals surface area contributed by atoms with Crippen LogP contribution >= 0.6 is 0 Å². The maximum atomic E-state index is 12.5. The molecule has 1 amide bonds. The number of aliphatic hydroxyl groups is 2. The molecule has 5 atom stereocenters. The molecule has 2 unspecified atom stereocenters. The maximum absolute atomic E-state index is 12.5. The second-order valence-corrected chi connectivity index (χ2v) is 8.31. The maximum Gasteiger partial charge on any atom is 0.229 e. The van der Waals surface area contributed by atoms with Crippen molar-refractivity contribution in [1.29, 1.82) is 0 Å². The van der Waals surface area contributed by atoms with Gasteiger partial charge in [0.2, 0.25) is 11.7 Å². The van der Waals surface area contributed by atoms with E-state index in [1.807, 2.05) is 24.3 Å². The Bertz CT molecular complexity index is 1310. The minimum absolute atomic E-state index is 0.223. The minimum Gasteiger partial charge on any atom is -0.497 e. The lowest BCUT2D eigenvalue weighted by molar-refractivity contribution is -0.132. The quantitative estimate of drug-likeness (QED) is 0.419. The average molecular weight is 448 g/mol. The number of carbonyl (C=O) groups is 1. The number of aromatic nitrogens is 4. The van der Waals surface area contributed by atoms with Crippen molar-refractivity contribution in [3.8, 4) is 17.6 Å². The molecule has 0 spiro atoms. The molecule has 2 aliphatic rings. The first kappa shape index (κ1) is 21.2. The zero-order valence-electron chi connectivity index (χ0n) is 18.4. The van der Waals surface area contributed by atoms with Crippen LogP contribution in [0.4, 0.5) is 5.82 Å². The van der Waals surface area contributed by atoms with E-state index in [1.165, 1.54) is 7.05 Å². The third-order valence-electron chi connectivity index (χ3n) is 6.69. The van der Waals surface area contributed by atoms with Crippen LogP contribution in [0.15, 0.2) is 30.6 Å². The largest absolute Gasteiger partial charge is 0.497 e. The number of nitrogens with one attached hydrogen (secondary N) is 2. The Kier molecular flexibility index (Phi) is 4.96. The summed E-state index contributed by atoms with van der Waals surface area (Å²) in [6.07, 6.45) is -0.236. The Morgan fingerprint density at radius 3 is 2.82 bits per heavy atom. The fraction of sp³-hybridized carbons (Fsp3) is 0.391. The number of anilines is 1. The highest BCUT2D eigenvalue weighted by Crippen LogP contribution is 2.67. The summed E-state index contributed by atoms with van der Waals surface area (Å²) in [5, 5.41) is 27.1. The average Bonchev–Trinajstić information content (AvgIpc) is 3.38. The van der Waals surface area contributed by atoms with Crippen molar-refractivity contribution >= 4 is 22.9 Å². The molecule has 5 rings (SSSR count). The molecular formula is C23H24N6O4. The second-order valence-electron chi connectivity index (χ2n) is 8.31. The molecule has 170 valence electrons. The molecule has 10 heteroatoms. The molecule has 0 radical (unpaired) electrons. The number of fused-ring (bicyclic) bond motifs is 2. The van der Waals surface area contributed by atoms with Crippen molar-refractivity contribution in [3.63, 3.8) is 0 Å². The monoisotopic (exact) mass is 448 g/mol. The molecule has 33 heavy (non-hydrogen) atoms. The SMILES string of the molecule is CNC(=O)[C@]12CC1[C@@H](n1cnc3c(NC)nc(C#Cc4cccc(OC)c4)nc31)C(O)[C@@H]2O. The number of ether oxygens (including phenoxy) is 1. The lowest BCUT2D eigenvalue weighted by Crippen LogP contribution is -2.41. The number of benzene rings is 1. The van der Waals surface area contributed by atoms with Crippen LogP contribution in [0, 0.1) is 23.2 Å². The number of amides is 1. The minimum atomic E-state index is -1.16. The van der Waals surface area contributed by atoms with Gasteiger partial charge < -0.3 is 30.2 Å². The van der Waals surface area contributed by atoms with E-state index in [0.29, 0.717) is 29.2 Å². The molecule has 2 fully saturated rings. The number of hydrogen-bond acceptors (Lipinski definition) is 8. The van der Waals surface area contributed by atoms with Crippen LogP contribution in [0.5, 0.6) is 5.75 Å². The van der Waals surface area contributed by atoms with E-state index in [9.17, 15) is 15.0 Å². The molecular weight excluding hydrogens is 424 g/mol. The number of rotatable bonds is 4. The lowest BCUT2D eigenvalue weighted by atomic mass is 9.98. The molecule has 2 saturated carbocycles. The van der Waals surface area contributed by atoms with Gasteiger partial charge in [-0.25, -0.2) is 15.0 Å². The molecule has 10 nitrogen and oxygen atoms in total. The second kappa shape index (κ2) is 7.72. The number of aliphatic hydroxyl groups excluding tert-OH is 2.